The Kier molecular flexibility index (Phi) is 4.22. The van der Waals surface area contributed by atoms with E-state index in [2.05, 4.69) is 10.3 Å². The molecule has 1 N–H and O–H groups in total. The van der Waals surface area contributed by atoms with E-state index >= 15 is 0 Å². The smallest absolute Gasteiger partial charge is 0.257 e. The molecule has 0 aliphatic carbocycles. The van der Waals surface area contributed by atoms with Crippen LogP contribution in [0.2, 0.25) is 0 Å². The number of alkyl halides is 1. The molecule has 19 heavy (non-hydrogen) atoms. The van der Waals surface area contributed by atoms with Crippen LogP contribution in [-0.2, 0) is 5.88 Å². The van der Waals surface area contributed by atoms with Crippen LogP contribution in [0.25, 0.3) is 0 Å². The van der Waals surface area contributed by atoms with Crippen LogP contribution in [0, 0.1) is 20.8 Å². The van der Waals surface area contributed by atoms with E-state index in [4.69, 9.17) is 11.6 Å². The van der Waals surface area contributed by atoms with Gasteiger partial charge in [-0.1, -0.05) is 17.7 Å². The van der Waals surface area contributed by atoms with E-state index in [1.165, 1.54) is 11.3 Å². The van der Waals surface area contributed by atoms with Crippen molar-refractivity contribution in [2.24, 2.45) is 0 Å². The summed E-state index contributed by atoms with van der Waals surface area (Å²) in [5, 5.41) is 5.25. The van der Waals surface area contributed by atoms with Crippen LogP contribution in [0.3, 0.4) is 0 Å². The van der Waals surface area contributed by atoms with E-state index in [1.54, 1.807) is 0 Å². The summed E-state index contributed by atoms with van der Waals surface area (Å²) in [5.41, 5.74) is 4.60. The van der Waals surface area contributed by atoms with Gasteiger partial charge < -0.3 is 0 Å². The molecule has 1 amide bonds. The lowest BCUT2D eigenvalue weighted by molar-refractivity contribution is 0.102. The Labute approximate surface area is 121 Å². The minimum absolute atomic E-state index is 0.120. The fourth-order valence-corrected chi connectivity index (χ4v) is 3.06. The molecule has 5 heteroatoms. The number of benzene rings is 1. The molecule has 2 aromatic rings. The molecule has 1 aromatic carbocycles. The zero-order chi connectivity index (χ0) is 14.0. The fraction of sp³-hybridized carbons (Fsp3) is 0.286. The van der Waals surface area contributed by atoms with Gasteiger partial charge in [0.05, 0.1) is 11.6 Å². The highest BCUT2D eigenvalue weighted by Crippen LogP contribution is 2.21. The molecule has 0 aliphatic heterocycles. The van der Waals surface area contributed by atoms with Crippen molar-refractivity contribution >= 4 is 34.0 Å². The number of halogens is 1. The number of amides is 1. The molecule has 0 spiro atoms. The number of nitrogens with zero attached hydrogens (tertiary/aromatic N) is 1. The van der Waals surface area contributed by atoms with Gasteiger partial charge in [0, 0.05) is 10.9 Å². The topological polar surface area (TPSA) is 42.0 Å². The summed E-state index contributed by atoms with van der Waals surface area (Å²) < 4.78 is 0. The maximum Gasteiger partial charge on any atom is 0.257 e. The summed E-state index contributed by atoms with van der Waals surface area (Å²) in [4.78, 5) is 16.5. The van der Waals surface area contributed by atoms with Gasteiger partial charge >= 0.3 is 0 Å². The number of thiazole rings is 1. The quantitative estimate of drug-likeness (QED) is 0.867. The number of anilines is 1. The predicted molar refractivity (Wildman–Crippen MR) is 80.3 cm³/mol. The van der Waals surface area contributed by atoms with Gasteiger partial charge in [-0.3, -0.25) is 10.1 Å². The molecule has 0 fully saturated rings. The average molecular weight is 295 g/mol. The molecular formula is C14H15ClN2OS. The van der Waals surface area contributed by atoms with Crippen molar-refractivity contribution in [3.63, 3.8) is 0 Å². The minimum atomic E-state index is -0.120. The highest BCUT2D eigenvalue weighted by atomic mass is 35.5. The molecule has 0 atom stereocenters. The third-order valence-corrected chi connectivity index (χ3v) is 3.89. The lowest BCUT2D eigenvalue weighted by Gasteiger charge is -2.10. The average Bonchev–Trinajstić information content (AvgIpc) is 2.75. The number of carbonyl (C=O) groups excluding carboxylic acids is 1. The normalized spacial score (nSPS) is 10.5. The molecular weight excluding hydrogens is 280 g/mol. The predicted octanol–water partition coefficient (Wildman–Crippen LogP) is 4.06. The number of aromatic nitrogens is 1. The molecule has 0 saturated carbocycles. The van der Waals surface area contributed by atoms with E-state index in [1.807, 2.05) is 38.3 Å². The minimum Gasteiger partial charge on any atom is -0.298 e. The molecule has 0 bridgehead atoms. The third kappa shape index (κ3) is 3.14. The van der Waals surface area contributed by atoms with Gasteiger partial charge in [-0.25, -0.2) is 4.98 Å². The van der Waals surface area contributed by atoms with Gasteiger partial charge in [0.25, 0.3) is 5.91 Å². The van der Waals surface area contributed by atoms with Crippen molar-refractivity contribution in [1.29, 1.82) is 0 Å². The Morgan fingerprint density at radius 3 is 2.47 bits per heavy atom. The Balaban J connectivity index is 2.25. The molecule has 0 radical (unpaired) electrons. The molecule has 0 saturated heterocycles. The van der Waals surface area contributed by atoms with E-state index in [0.717, 1.165) is 22.4 Å². The van der Waals surface area contributed by atoms with Gasteiger partial charge in [-0.05, 0) is 31.9 Å². The largest absolute Gasteiger partial charge is 0.298 e. The summed E-state index contributed by atoms with van der Waals surface area (Å²) in [6.45, 7) is 5.91. The molecule has 1 aromatic heterocycles. The summed E-state index contributed by atoms with van der Waals surface area (Å²) in [5.74, 6) is 0.236. The second kappa shape index (κ2) is 5.72. The first kappa shape index (κ1) is 14.0. The second-order valence-electron chi connectivity index (χ2n) is 4.51. The lowest BCUT2D eigenvalue weighted by Crippen LogP contribution is -2.15. The Morgan fingerprint density at radius 1 is 1.32 bits per heavy atom. The van der Waals surface area contributed by atoms with Crippen LogP contribution < -0.4 is 5.32 Å². The van der Waals surface area contributed by atoms with Gasteiger partial charge in [0.1, 0.15) is 0 Å². The molecule has 100 valence electrons. The zero-order valence-corrected chi connectivity index (χ0v) is 12.7. The van der Waals surface area contributed by atoms with Crippen LogP contribution in [-0.4, -0.2) is 10.9 Å². The Hall–Kier alpha value is -1.39. The van der Waals surface area contributed by atoms with Gasteiger partial charge in [-0.2, -0.15) is 0 Å². The number of rotatable bonds is 3. The zero-order valence-electron chi connectivity index (χ0n) is 11.1. The van der Waals surface area contributed by atoms with Gasteiger partial charge in [-0.15, -0.1) is 22.9 Å². The van der Waals surface area contributed by atoms with E-state index in [-0.39, 0.29) is 5.91 Å². The molecule has 3 nitrogen and oxygen atoms in total. The van der Waals surface area contributed by atoms with E-state index in [9.17, 15) is 4.79 Å². The molecule has 0 aliphatic rings. The molecule has 1 heterocycles. The summed E-state index contributed by atoms with van der Waals surface area (Å²) in [6, 6.07) is 4.02. The molecule has 0 unspecified atom stereocenters. The van der Waals surface area contributed by atoms with Crippen LogP contribution >= 0.6 is 22.9 Å². The first-order chi connectivity index (χ1) is 9.01. The first-order valence-corrected chi connectivity index (χ1v) is 7.32. The monoisotopic (exact) mass is 294 g/mol. The number of carbonyl (C=O) groups is 1. The van der Waals surface area contributed by atoms with Crippen molar-refractivity contribution in [1.82, 2.24) is 4.98 Å². The van der Waals surface area contributed by atoms with Gasteiger partial charge in [0.15, 0.2) is 5.13 Å². The maximum atomic E-state index is 12.3. The third-order valence-electron chi connectivity index (χ3n) is 2.81. The summed E-state index contributed by atoms with van der Waals surface area (Å²) in [6.07, 6.45) is 0. The van der Waals surface area contributed by atoms with Crippen LogP contribution in [0.5, 0.6) is 0 Å². The molecule has 2 rings (SSSR count). The second-order valence-corrected chi connectivity index (χ2v) is 5.63. The van der Waals surface area contributed by atoms with Crippen molar-refractivity contribution in [2.75, 3.05) is 5.32 Å². The first-order valence-electron chi connectivity index (χ1n) is 5.91. The van der Waals surface area contributed by atoms with Crippen molar-refractivity contribution < 1.29 is 4.79 Å². The van der Waals surface area contributed by atoms with E-state index in [0.29, 0.717) is 16.6 Å². The summed E-state index contributed by atoms with van der Waals surface area (Å²) in [7, 11) is 0. The number of hydrogen-bond acceptors (Lipinski definition) is 3. The Morgan fingerprint density at radius 2 is 1.95 bits per heavy atom. The summed E-state index contributed by atoms with van der Waals surface area (Å²) >= 11 is 7.08. The standard InChI is InChI=1S/C14H15ClN2OS/c1-8-4-9(2)12(10(3)5-8)13(18)17-14-16-11(6-15)7-19-14/h4-5,7H,6H2,1-3H3,(H,16,17,18). The Bertz CT molecular complexity index is 599. The van der Waals surface area contributed by atoms with Gasteiger partial charge in [0.2, 0.25) is 0 Å². The van der Waals surface area contributed by atoms with Crippen molar-refractivity contribution in [3.05, 3.63) is 45.5 Å². The highest BCUT2D eigenvalue weighted by Gasteiger charge is 2.14. The van der Waals surface area contributed by atoms with Crippen LogP contribution in [0.15, 0.2) is 17.5 Å². The van der Waals surface area contributed by atoms with Crippen molar-refractivity contribution in [3.8, 4) is 0 Å². The number of aryl methyl sites for hydroxylation is 3. The SMILES string of the molecule is Cc1cc(C)c(C(=O)Nc2nc(CCl)cs2)c(C)c1. The van der Waals surface area contributed by atoms with Crippen LogP contribution in [0.4, 0.5) is 5.13 Å². The lowest BCUT2D eigenvalue weighted by atomic mass is 9.99. The highest BCUT2D eigenvalue weighted by molar-refractivity contribution is 7.14. The van der Waals surface area contributed by atoms with Crippen molar-refractivity contribution in [2.45, 2.75) is 26.7 Å². The van der Waals surface area contributed by atoms with E-state index < -0.39 is 0 Å². The number of hydrogen-bond donors (Lipinski definition) is 1. The number of nitrogens with one attached hydrogen (secondary N) is 1. The fourth-order valence-electron chi connectivity index (χ4n) is 2.12. The maximum absolute atomic E-state index is 12.3. The van der Waals surface area contributed by atoms with Crippen LogP contribution in [0.1, 0.15) is 32.7 Å².